The number of amides is 2. The normalized spacial score (nSPS) is 15.2. The van der Waals surface area contributed by atoms with Crippen LogP contribution in [0, 0.1) is 0 Å². The van der Waals surface area contributed by atoms with E-state index in [9.17, 15) is 9.59 Å². The summed E-state index contributed by atoms with van der Waals surface area (Å²) in [6.45, 7) is 2.21. The van der Waals surface area contributed by atoms with Crippen LogP contribution in [0.3, 0.4) is 0 Å². The summed E-state index contributed by atoms with van der Waals surface area (Å²) in [7, 11) is 1.77. The van der Waals surface area contributed by atoms with E-state index in [0.717, 1.165) is 23.4 Å². The number of nitrogens with zero attached hydrogens (tertiary/aromatic N) is 2. The molecule has 0 spiro atoms. The number of carbonyl (C=O) groups excluding carboxylic acids is 2. The van der Waals surface area contributed by atoms with Crippen molar-refractivity contribution in [1.29, 1.82) is 0 Å². The maximum Gasteiger partial charge on any atom is 0.229 e. The number of hydrogen-bond acceptors (Lipinski definition) is 3. The van der Waals surface area contributed by atoms with Gasteiger partial charge in [-0.15, -0.1) is 0 Å². The summed E-state index contributed by atoms with van der Waals surface area (Å²) in [5.74, 6) is 1.43. The Morgan fingerprint density at radius 3 is 2.29 bits per heavy atom. The Morgan fingerprint density at radius 1 is 0.935 bits per heavy atom. The van der Waals surface area contributed by atoms with E-state index < -0.39 is 0 Å². The van der Waals surface area contributed by atoms with Crippen molar-refractivity contribution >= 4 is 17.5 Å². The number of carbonyl (C=O) groups is 2. The molecule has 0 radical (unpaired) electrons. The molecule has 1 unspecified atom stereocenters. The summed E-state index contributed by atoms with van der Waals surface area (Å²) in [6.07, 6.45) is 1.06. The van der Waals surface area contributed by atoms with Crippen LogP contribution in [0.4, 0.5) is 5.69 Å². The summed E-state index contributed by atoms with van der Waals surface area (Å²) < 4.78 is 5.83. The minimum atomic E-state index is -0.238. The highest BCUT2D eigenvalue weighted by Gasteiger charge is 2.31. The highest BCUT2D eigenvalue weighted by molar-refractivity contribution is 5.93. The molecule has 0 aliphatic carbocycles. The summed E-state index contributed by atoms with van der Waals surface area (Å²) in [5.41, 5.74) is 3.06. The molecule has 3 aromatic carbocycles. The van der Waals surface area contributed by atoms with Gasteiger partial charge in [-0.25, -0.2) is 0 Å². The first-order valence-corrected chi connectivity index (χ1v) is 10.5. The molecular weight excluding hydrogens is 388 g/mol. The van der Waals surface area contributed by atoms with Crippen molar-refractivity contribution in [2.45, 2.75) is 25.8 Å². The van der Waals surface area contributed by atoms with Crippen LogP contribution in [0.1, 0.15) is 30.5 Å². The molecule has 31 heavy (non-hydrogen) atoms. The molecule has 2 amide bonds. The molecule has 3 aromatic rings. The molecule has 1 aliphatic rings. The van der Waals surface area contributed by atoms with Gasteiger partial charge in [-0.05, 0) is 53.9 Å². The highest BCUT2D eigenvalue weighted by Crippen LogP contribution is 2.33. The second kappa shape index (κ2) is 9.04. The summed E-state index contributed by atoms with van der Waals surface area (Å²) in [6, 6.07) is 24.9. The van der Waals surface area contributed by atoms with Gasteiger partial charge in [0.15, 0.2) is 0 Å². The molecule has 0 N–H and O–H groups in total. The molecule has 4 rings (SSSR count). The van der Waals surface area contributed by atoms with Crippen LogP contribution < -0.4 is 9.64 Å². The van der Waals surface area contributed by atoms with E-state index in [2.05, 4.69) is 6.07 Å². The molecule has 5 heteroatoms. The molecule has 0 bridgehead atoms. The molecule has 1 heterocycles. The van der Waals surface area contributed by atoms with E-state index in [0.29, 0.717) is 12.3 Å². The summed E-state index contributed by atoms with van der Waals surface area (Å²) in [5, 5.41) is 0. The Bertz CT molecular complexity index is 1060. The molecule has 1 aliphatic heterocycles. The quantitative estimate of drug-likeness (QED) is 0.592. The number of para-hydroxylation sites is 1. The third kappa shape index (κ3) is 4.61. The molecule has 1 atom stereocenters. The number of anilines is 1. The van der Waals surface area contributed by atoms with Crippen LogP contribution in [0.2, 0.25) is 0 Å². The van der Waals surface area contributed by atoms with Crippen molar-refractivity contribution in [2.24, 2.45) is 0 Å². The third-order valence-corrected chi connectivity index (χ3v) is 5.76. The van der Waals surface area contributed by atoms with Gasteiger partial charge in [0, 0.05) is 26.2 Å². The zero-order valence-electron chi connectivity index (χ0n) is 17.8. The van der Waals surface area contributed by atoms with Crippen LogP contribution in [-0.2, 0) is 16.0 Å². The topological polar surface area (TPSA) is 49.9 Å². The van der Waals surface area contributed by atoms with Gasteiger partial charge >= 0.3 is 0 Å². The molecule has 5 nitrogen and oxygen atoms in total. The average Bonchev–Trinajstić information content (AvgIpc) is 2.79. The number of fused-ring (bicyclic) bond motifs is 1. The lowest BCUT2D eigenvalue weighted by atomic mass is 9.90. The van der Waals surface area contributed by atoms with Gasteiger partial charge in [0.25, 0.3) is 0 Å². The van der Waals surface area contributed by atoms with Crippen LogP contribution in [0.15, 0.2) is 78.9 Å². The standard InChI is InChI=1S/C26H26N2O3/c1-19(29)28-17-16-20-8-6-7-11-24(20)25(28)18-26(30)27(2)21-12-14-23(15-13-21)31-22-9-4-3-5-10-22/h3-15,25H,16-18H2,1-2H3. The fourth-order valence-corrected chi connectivity index (χ4v) is 4.06. The molecule has 158 valence electrons. The van der Waals surface area contributed by atoms with Crippen molar-refractivity contribution < 1.29 is 14.3 Å². The van der Waals surface area contributed by atoms with E-state index >= 15 is 0 Å². The van der Waals surface area contributed by atoms with Crippen molar-refractivity contribution in [2.75, 3.05) is 18.5 Å². The van der Waals surface area contributed by atoms with E-state index in [4.69, 9.17) is 4.74 Å². The maximum atomic E-state index is 13.1. The summed E-state index contributed by atoms with van der Waals surface area (Å²) >= 11 is 0. The second-order valence-electron chi connectivity index (χ2n) is 7.74. The lowest BCUT2D eigenvalue weighted by Gasteiger charge is -2.37. The van der Waals surface area contributed by atoms with Gasteiger partial charge in [0.1, 0.15) is 11.5 Å². The fourth-order valence-electron chi connectivity index (χ4n) is 4.06. The minimum Gasteiger partial charge on any atom is -0.457 e. The van der Waals surface area contributed by atoms with Gasteiger partial charge in [0.2, 0.25) is 11.8 Å². The first-order chi connectivity index (χ1) is 15.0. The first-order valence-electron chi connectivity index (χ1n) is 10.5. The van der Waals surface area contributed by atoms with Gasteiger partial charge in [-0.3, -0.25) is 9.59 Å². The molecule has 0 saturated heterocycles. The lowest BCUT2D eigenvalue weighted by Crippen LogP contribution is -2.41. The average molecular weight is 415 g/mol. The van der Waals surface area contributed by atoms with Gasteiger partial charge < -0.3 is 14.5 Å². The number of benzene rings is 3. The zero-order chi connectivity index (χ0) is 21.8. The number of hydrogen-bond donors (Lipinski definition) is 0. The van der Waals surface area contributed by atoms with Crippen LogP contribution in [0.5, 0.6) is 11.5 Å². The smallest absolute Gasteiger partial charge is 0.229 e. The van der Waals surface area contributed by atoms with E-state index in [1.807, 2.05) is 77.7 Å². The van der Waals surface area contributed by atoms with E-state index in [1.165, 1.54) is 5.56 Å². The summed E-state index contributed by atoms with van der Waals surface area (Å²) in [4.78, 5) is 28.8. The maximum absolute atomic E-state index is 13.1. The van der Waals surface area contributed by atoms with Crippen molar-refractivity contribution in [3.05, 3.63) is 90.0 Å². The Hall–Kier alpha value is -3.60. The van der Waals surface area contributed by atoms with E-state index in [1.54, 1.807) is 18.9 Å². The van der Waals surface area contributed by atoms with E-state index in [-0.39, 0.29) is 24.3 Å². The second-order valence-corrected chi connectivity index (χ2v) is 7.74. The van der Waals surface area contributed by atoms with Crippen LogP contribution >= 0.6 is 0 Å². The van der Waals surface area contributed by atoms with Crippen molar-refractivity contribution in [3.8, 4) is 11.5 Å². The van der Waals surface area contributed by atoms with Crippen LogP contribution in [-0.4, -0.2) is 30.3 Å². The van der Waals surface area contributed by atoms with Crippen LogP contribution in [0.25, 0.3) is 0 Å². The Labute approximate surface area is 182 Å². The minimum absolute atomic E-state index is 0.00244. The largest absolute Gasteiger partial charge is 0.457 e. The molecule has 0 aromatic heterocycles. The Balaban J connectivity index is 1.48. The van der Waals surface area contributed by atoms with Crippen molar-refractivity contribution in [1.82, 2.24) is 4.90 Å². The first kappa shape index (κ1) is 20.7. The predicted molar refractivity (Wildman–Crippen MR) is 121 cm³/mol. The number of ether oxygens (including phenoxy) is 1. The molecule has 0 fully saturated rings. The van der Waals surface area contributed by atoms with Gasteiger partial charge in [-0.2, -0.15) is 0 Å². The fraction of sp³-hybridized carbons (Fsp3) is 0.231. The monoisotopic (exact) mass is 414 g/mol. The number of rotatable bonds is 5. The van der Waals surface area contributed by atoms with Gasteiger partial charge in [0.05, 0.1) is 12.5 Å². The lowest BCUT2D eigenvalue weighted by molar-refractivity contribution is -0.132. The molecule has 0 saturated carbocycles. The zero-order valence-corrected chi connectivity index (χ0v) is 17.8. The third-order valence-electron chi connectivity index (χ3n) is 5.76. The SMILES string of the molecule is CC(=O)N1CCc2ccccc2C1CC(=O)N(C)c1ccc(Oc2ccccc2)cc1. The predicted octanol–water partition coefficient (Wildman–Crippen LogP) is 4.98. The van der Waals surface area contributed by atoms with Crippen molar-refractivity contribution in [3.63, 3.8) is 0 Å². The highest BCUT2D eigenvalue weighted by atomic mass is 16.5. The Kier molecular flexibility index (Phi) is 6.03. The Morgan fingerprint density at radius 2 is 1.58 bits per heavy atom. The van der Waals surface area contributed by atoms with Gasteiger partial charge in [-0.1, -0.05) is 42.5 Å². The molecular formula is C26H26N2O3.